The Morgan fingerprint density at radius 2 is 2.46 bits per heavy atom. The molecule has 0 spiro atoms. The number of rotatable bonds is 3. The number of nitrogens with zero attached hydrogens (tertiary/aromatic N) is 2. The Bertz CT molecular complexity index is 341. The monoisotopic (exact) mass is 198 g/mol. The molecule has 0 aromatic carbocycles. The maximum Gasteiger partial charge on any atom is 0.151 e. The number of imidazole rings is 1. The summed E-state index contributed by atoms with van der Waals surface area (Å²) in [5.41, 5.74) is 0.579. The van der Waals surface area contributed by atoms with E-state index >= 15 is 0 Å². The van der Waals surface area contributed by atoms with Crippen molar-refractivity contribution in [1.29, 1.82) is 0 Å². The molecule has 4 heteroatoms. The van der Waals surface area contributed by atoms with Crippen LogP contribution in [0.5, 0.6) is 0 Å². The van der Waals surface area contributed by atoms with E-state index in [-0.39, 0.29) is 5.41 Å². The van der Waals surface area contributed by atoms with Crippen molar-refractivity contribution >= 4 is 17.9 Å². The molecule has 70 valence electrons. The van der Waals surface area contributed by atoms with Gasteiger partial charge in [-0.15, -0.1) is 0 Å². The van der Waals surface area contributed by atoms with Gasteiger partial charge in [-0.1, -0.05) is 11.6 Å². The van der Waals surface area contributed by atoms with Crippen molar-refractivity contribution < 1.29 is 4.79 Å². The van der Waals surface area contributed by atoms with Gasteiger partial charge in [-0.05, 0) is 19.8 Å². The smallest absolute Gasteiger partial charge is 0.151 e. The lowest BCUT2D eigenvalue weighted by Crippen LogP contribution is -2.14. The summed E-state index contributed by atoms with van der Waals surface area (Å²) in [6, 6.07) is 0. The van der Waals surface area contributed by atoms with Gasteiger partial charge in [0.15, 0.2) is 5.15 Å². The fourth-order valence-corrected chi connectivity index (χ4v) is 1.97. The highest BCUT2D eigenvalue weighted by Crippen LogP contribution is 2.48. The van der Waals surface area contributed by atoms with Crippen LogP contribution < -0.4 is 0 Å². The van der Waals surface area contributed by atoms with Gasteiger partial charge in [0, 0.05) is 6.54 Å². The molecule has 13 heavy (non-hydrogen) atoms. The number of halogens is 1. The second-order valence-electron chi connectivity index (χ2n) is 3.44. The van der Waals surface area contributed by atoms with Gasteiger partial charge >= 0.3 is 0 Å². The molecular weight excluding hydrogens is 188 g/mol. The third kappa shape index (κ3) is 1.18. The van der Waals surface area contributed by atoms with Gasteiger partial charge in [0.05, 0.1) is 17.4 Å². The number of hydrogen-bond acceptors (Lipinski definition) is 2. The van der Waals surface area contributed by atoms with E-state index in [9.17, 15) is 4.79 Å². The molecule has 0 bridgehead atoms. The lowest BCUT2D eigenvalue weighted by Gasteiger charge is -2.10. The number of aryl methyl sites for hydroxylation is 1. The molecule has 1 aliphatic carbocycles. The van der Waals surface area contributed by atoms with Crippen LogP contribution in [0.25, 0.3) is 0 Å². The van der Waals surface area contributed by atoms with Crippen molar-refractivity contribution in [2.75, 3.05) is 0 Å². The largest absolute Gasteiger partial charge is 0.333 e. The van der Waals surface area contributed by atoms with E-state index in [1.165, 1.54) is 0 Å². The maximum absolute atomic E-state index is 10.9. The SMILES string of the molecule is CCn1cnc(Cl)c1C1(C=O)CC1. The molecule has 1 fully saturated rings. The molecular formula is C9H11ClN2O. The fourth-order valence-electron chi connectivity index (χ4n) is 1.63. The Morgan fingerprint density at radius 1 is 1.77 bits per heavy atom. The number of carbonyl (C=O) groups excluding carboxylic acids is 1. The summed E-state index contributed by atoms with van der Waals surface area (Å²) in [5, 5.41) is 0.478. The van der Waals surface area contributed by atoms with Crippen LogP contribution in [0.15, 0.2) is 6.33 Å². The molecule has 2 rings (SSSR count). The molecule has 1 aliphatic rings. The van der Waals surface area contributed by atoms with E-state index < -0.39 is 0 Å². The average Bonchev–Trinajstić information content (AvgIpc) is 2.85. The fraction of sp³-hybridized carbons (Fsp3) is 0.556. The standard InChI is InChI=1S/C9H11ClN2O/c1-2-12-6-11-8(10)7(12)9(5-13)3-4-9/h5-6H,2-4H2,1H3. The van der Waals surface area contributed by atoms with E-state index in [4.69, 9.17) is 11.6 Å². The zero-order chi connectivity index (χ0) is 9.47. The Balaban J connectivity index is 2.48. The van der Waals surface area contributed by atoms with Crippen LogP contribution >= 0.6 is 11.6 Å². The summed E-state index contributed by atoms with van der Waals surface area (Å²) < 4.78 is 1.95. The first-order valence-corrected chi connectivity index (χ1v) is 4.79. The summed E-state index contributed by atoms with van der Waals surface area (Å²) in [5.74, 6) is 0. The van der Waals surface area contributed by atoms with Crippen LogP contribution in [0.1, 0.15) is 25.5 Å². The number of hydrogen-bond donors (Lipinski definition) is 0. The predicted octanol–water partition coefficient (Wildman–Crippen LogP) is 1.79. The van der Waals surface area contributed by atoms with E-state index in [1.54, 1.807) is 6.33 Å². The van der Waals surface area contributed by atoms with Crippen molar-refractivity contribution in [2.45, 2.75) is 31.7 Å². The van der Waals surface area contributed by atoms with Gasteiger partial charge in [0.1, 0.15) is 6.29 Å². The first-order chi connectivity index (χ1) is 6.23. The van der Waals surface area contributed by atoms with E-state index in [1.807, 2.05) is 11.5 Å². The van der Waals surface area contributed by atoms with Crippen LogP contribution in [0.3, 0.4) is 0 Å². The second-order valence-corrected chi connectivity index (χ2v) is 3.80. The molecule has 3 nitrogen and oxygen atoms in total. The first kappa shape index (κ1) is 8.75. The number of carbonyl (C=O) groups is 1. The molecule has 1 saturated carbocycles. The number of aldehydes is 1. The highest BCUT2D eigenvalue weighted by atomic mass is 35.5. The molecule has 1 aromatic heterocycles. The van der Waals surface area contributed by atoms with Crippen molar-refractivity contribution in [3.05, 3.63) is 17.2 Å². The van der Waals surface area contributed by atoms with Crippen LogP contribution in [-0.4, -0.2) is 15.8 Å². The normalized spacial score (nSPS) is 18.6. The quantitative estimate of drug-likeness (QED) is 0.695. The topological polar surface area (TPSA) is 34.9 Å². The Labute approximate surface area is 81.7 Å². The molecule has 1 heterocycles. The van der Waals surface area contributed by atoms with E-state index in [0.717, 1.165) is 31.4 Å². The van der Waals surface area contributed by atoms with Gasteiger partial charge in [-0.3, -0.25) is 0 Å². The molecule has 0 amide bonds. The van der Waals surface area contributed by atoms with Gasteiger partial charge in [-0.2, -0.15) is 0 Å². The molecule has 0 radical (unpaired) electrons. The summed E-state index contributed by atoms with van der Waals surface area (Å²) >= 11 is 5.94. The third-order valence-electron chi connectivity index (χ3n) is 2.62. The average molecular weight is 199 g/mol. The molecule has 1 aromatic rings. The lowest BCUT2D eigenvalue weighted by atomic mass is 10.1. The van der Waals surface area contributed by atoms with Crippen molar-refractivity contribution in [3.8, 4) is 0 Å². The molecule has 0 atom stereocenters. The van der Waals surface area contributed by atoms with Crippen molar-refractivity contribution in [1.82, 2.24) is 9.55 Å². The van der Waals surface area contributed by atoms with Crippen LogP contribution in [0, 0.1) is 0 Å². The first-order valence-electron chi connectivity index (χ1n) is 4.41. The van der Waals surface area contributed by atoms with Crippen molar-refractivity contribution in [3.63, 3.8) is 0 Å². The Hall–Kier alpha value is -0.830. The zero-order valence-electron chi connectivity index (χ0n) is 7.46. The Kier molecular flexibility index (Phi) is 1.91. The highest BCUT2D eigenvalue weighted by Gasteiger charge is 2.48. The van der Waals surface area contributed by atoms with Crippen molar-refractivity contribution in [2.24, 2.45) is 0 Å². The molecule has 0 aliphatic heterocycles. The summed E-state index contributed by atoms with van der Waals surface area (Å²) in [4.78, 5) is 14.9. The maximum atomic E-state index is 10.9. The molecule has 0 unspecified atom stereocenters. The van der Waals surface area contributed by atoms with Gasteiger partial charge in [0.25, 0.3) is 0 Å². The minimum Gasteiger partial charge on any atom is -0.333 e. The predicted molar refractivity (Wildman–Crippen MR) is 49.9 cm³/mol. The van der Waals surface area contributed by atoms with Crippen LogP contribution in [0.4, 0.5) is 0 Å². The summed E-state index contributed by atoms with van der Waals surface area (Å²) in [7, 11) is 0. The van der Waals surface area contributed by atoms with Gasteiger partial charge in [-0.25, -0.2) is 4.98 Å². The van der Waals surface area contributed by atoms with Gasteiger partial charge < -0.3 is 9.36 Å². The van der Waals surface area contributed by atoms with Crippen LogP contribution in [-0.2, 0) is 16.8 Å². The number of aromatic nitrogens is 2. The third-order valence-corrected chi connectivity index (χ3v) is 2.90. The molecule has 0 N–H and O–H groups in total. The molecule has 0 saturated heterocycles. The highest BCUT2D eigenvalue weighted by molar-refractivity contribution is 6.30. The minimum absolute atomic E-state index is 0.316. The van der Waals surface area contributed by atoms with E-state index in [0.29, 0.717) is 5.15 Å². The Morgan fingerprint density at radius 3 is 2.92 bits per heavy atom. The second kappa shape index (κ2) is 2.84. The van der Waals surface area contributed by atoms with Gasteiger partial charge in [0.2, 0.25) is 0 Å². The zero-order valence-corrected chi connectivity index (χ0v) is 8.21. The van der Waals surface area contributed by atoms with Crippen LogP contribution in [0.2, 0.25) is 5.15 Å². The minimum atomic E-state index is -0.316. The van der Waals surface area contributed by atoms with E-state index in [2.05, 4.69) is 4.98 Å². The summed E-state index contributed by atoms with van der Waals surface area (Å²) in [6.45, 7) is 2.83. The summed E-state index contributed by atoms with van der Waals surface area (Å²) in [6.07, 6.45) is 4.51. The lowest BCUT2D eigenvalue weighted by molar-refractivity contribution is -0.110.